The maximum Gasteiger partial charge on any atom is 0.228 e. The molecule has 5 nitrogen and oxygen atoms in total. The van der Waals surface area contributed by atoms with Gasteiger partial charge in [-0.2, -0.15) is 0 Å². The van der Waals surface area contributed by atoms with Crippen LogP contribution in [0.15, 0.2) is 11.8 Å². The zero-order chi connectivity index (χ0) is 13.1. The average molecular weight is 302 g/mol. The van der Waals surface area contributed by atoms with Crippen LogP contribution in [0.2, 0.25) is 0 Å². The minimum atomic E-state index is -0.182. The highest BCUT2D eigenvalue weighted by Gasteiger charge is 2.29. The van der Waals surface area contributed by atoms with Crippen molar-refractivity contribution in [2.45, 2.75) is 13.3 Å². The van der Waals surface area contributed by atoms with Crippen LogP contribution in [0.25, 0.3) is 0 Å². The third-order valence-electron chi connectivity index (χ3n) is 2.61. The minimum absolute atomic E-state index is 0. The van der Waals surface area contributed by atoms with E-state index in [9.17, 15) is 9.59 Å². The lowest BCUT2D eigenvalue weighted by molar-refractivity contribution is 0.0977. The number of hydrogen-bond acceptors (Lipinski definition) is 6. The van der Waals surface area contributed by atoms with Crippen LogP contribution in [0.3, 0.4) is 0 Å². The van der Waals surface area contributed by atoms with Gasteiger partial charge in [-0.05, 0) is 26.9 Å². The Morgan fingerprint density at radius 2 is 2.05 bits per heavy atom. The fraction of sp³-hybridized carbons (Fsp3) is 0.417. The topological polar surface area (TPSA) is 71.1 Å². The Bertz CT molecular complexity index is 525. The van der Waals surface area contributed by atoms with Crippen LogP contribution in [0, 0.1) is 6.92 Å². The highest BCUT2D eigenvalue weighted by Crippen LogP contribution is 2.25. The van der Waals surface area contributed by atoms with Crippen molar-refractivity contribution < 1.29 is 9.59 Å². The number of nitrogens with zero attached hydrogens (tertiary/aromatic N) is 1. The van der Waals surface area contributed by atoms with Gasteiger partial charge >= 0.3 is 0 Å². The van der Waals surface area contributed by atoms with Gasteiger partial charge in [0, 0.05) is 12.6 Å². The van der Waals surface area contributed by atoms with E-state index >= 15 is 0 Å². The third-order valence-corrected chi connectivity index (χ3v) is 3.60. The molecule has 0 aromatic carbocycles. The van der Waals surface area contributed by atoms with E-state index in [0.29, 0.717) is 22.8 Å². The quantitative estimate of drug-likeness (QED) is 0.803. The van der Waals surface area contributed by atoms with Gasteiger partial charge in [-0.15, -0.1) is 23.7 Å². The van der Waals surface area contributed by atoms with Crippen molar-refractivity contribution in [1.29, 1.82) is 0 Å². The van der Waals surface area contributed by atoms with E-state index < -0.39 is 0 Å². The Hall–Kier alpha value is -1.24. The number of ketones is 2. The molecule has 0 atom stereocenters. The van der Waals surface area contributed by atoms with Crippen LogP contribution in [0.4, 0.5) is 0 Å². The molecule has 0 fully saturated rings. The molecule has 0 amide bonds. The number of aryl methyl sites for hydroxylation is 1. The van der Waals surface area contributed by atoms with Crippen LogP contribution in [-0.4, -0.2) is 36.7 Å². The van der Waals surface area contributed by atoms with Crippen LogP contribution >= 0.6 is 23.7 Å². The molecular weight excluding hydrogens is 286 g/mol. The predicted molar refractivity (Wildman–Crippen MR) is 77.4 cm³/mol. The maximum atomic E-state index is 12.1. The molecule has 104 valence electrons. The Kier molecular flexibility index (Phi) is 5.65. The summed E-state index contributed by atoms with van der Waals surface area (Å²) in [6.45, 7) is 3.32. The van der Waals surface area contributed by atoms with Crippen molar-refractivity contribution >= 4 is 35.3 Å². The Labute approximate surface area is 121 Å². The fourth-order valence-electron chi connectivity index (χ4n) is 1.76. The van der Waals surface area contributed by atoms with Gasteiger partial charge in [0.2, 0.25) is 5.78 Å². The number of rotatable bonds is 5. The summed E-state index contributed by atoms with van der Waals surface area (Å²) in [5.41, 5.74) is 0.648. The van der Waals surface area contributed by atoms with Gasteiger partial charge in [0.1, 0.15) is 10.6 Å². The van der Waals surface area contributed by atoms with Crippen molar-refractivity contribution in [2.24, 2.45) is 0 Å². The standard InChI is InChI=1S/C12H15N3O2S.ClH/c1-7-15-10-11(17)8(14-5-3-4-13-2)6-9(16)12(10)18-7;/h6,13-14H,3-5H2,1-2H3;1H. The molecule has 0 saturated heterocycles. The molecule has 1 aromatic rings. The maximum absolute atomic E-state index is 12.1. The number of hydrogen-bond donors (Lipinski definition) is 2. The fourth-order valence-corrected chi connectivity index (χ4v) is 2.58. The zero-order valence-electron chi connectivity index (χ0n) is 10.8. The van der Waals surface area contributed by atoms with Gasteiger partial charge < -0.3 is 10.6 Å². The van der Waals surface area contributed by atoms with Crippen LogP contribution in [-0.2, 0) is 0 Å². The van der Waals surface area contributed by atoms with Crippen molar-refractivity contribution in [1.82, 2.24) is 15.6 Å². The van der Waals surface area contributed by atoms with Crippen molar-refractivity contribution in [3.05, 3.63) is 27.4 Å². The molecule has 0 bridgehead atoms. The minimum Gasteiger partial charge on any atom is -0.382 e. The van der Waals surface area contributed by atoms with Gasteiger partial charge in [-0.3, -0.25) is 9.59 Å². The molecule has 7 heteroatoms. The van der Waals surface area contributed by atoms with E-state index in [-0.39, 0.29) is 24.0 Å². The van der Waals surface area contributed by atoms with E-state index in [1.807, 2.05) is 7.05 Å². The average Bonchev–Trinajstić information content (AvgIpc) is 2.73. The number of carbonyl (C=O) groups is 2. The number of Topliss-reactive ketones (excluding diaryl/α,β-unsaturated/α-hetero) is 1. The highest BCUT2D eigenvalue weighted by atomic mass is 35.5. The van der Waals surface area contributed by atoms with E-state index in [1.165, 1.54) is 17.4 Å². The SMILES string of the molecule is CNCCCNC1=CC(=O)c2sc(C)nc2C1=O.Cl. The summed E-state index contributed by atoms with van der Waals surface area (Å²) in [5, 5.41) is 6.77. The molecule has 2 rings (SSSR count). The Morgan fingerprint density at radius 1 is 1.32 bits per heavy atom. The van der Waals surface area contributed by atoms with Gasteiger partial charge in [-0.25, -0.2) is 4.98 Å². The van der Waals surface area contributed by atoms with Gasteiger partial charge in [0.05, 0.1) is 10.7 Å². The molecule has 0 spiro atoms. The smallest absolute Gasteiger partial charge is 0.228 e. The molecule has 1 heterocycles. The first-order chi connectivity index (χ1) is 8.63. The van der Waals surface area contributed by atoms with Crippen LogP contribution in [0.1, 0.15) is 31.6 Å². The number of thiazole rings is 1. The first-order valence-corrected chi connectivity index (χ1v) is 6.61. The molecule has 0 unspecified atom stereocenters. The molecular formula is C12H16ClN3O2S. The summed E-state index contributed by atoms with van der Waals surface area (Å²) >= 11 is 1.27. The Balaban J connectivity index is 0.00000180. The molecule has 0 aliphatic heterocycles. The van der Waals surface area contributed by atoms with Crippen molar-refractivity contribution in [2.75, 3.05) is 20.1 Å². The molecule has 1 aliphatic carbocycles. The number of aromatic nitrogens is 1. The summed E-state index contributed by atoms with van der Waals surface area (Å²) in [6.07, 6.45) is 2.26. The first-order valence-electron chi connectivity index (χ1n) is 5.80. The molecule has 19 heavy (non-hydrogen) atoms. The zero-order valence-corrected chi connectivity index (χ0v) is 12.4. The van der Waals surface area contributed by atoms with Crippen LogP contribution < -0.4 is 10.6 Å². The first kappa shape index (κ1) is 15.8. The number of carbonyl (C=O) groups excluding carboxylic acids is 2. The highest BCUT2D eigenvalue weighted by molar-refractivity contribution is 7.14. The van der Waals surface area contributed by atoms with E-state index in [1.54, 1.807) is 6.92 Å². The largest absolute Gasteiger partial charge is 0.382 e. The van der Waals surface area contributed by atoms with Gasteiger partial charge in [0.15, 0.2) is 5.78 Å². The van der Waals surface area contributed by atoms with E-state index in [2.05, 4.69) is 15.6 Å². The second-order valence-electron chi connectivity index (χ2n) is 4.05. The Morgan fingerprint density at radius 3 is 2.74 bits per heavy atom. The molecule has 1 aromatic heterocycles. The van der Waals surface area contributed by atoms with Gasteiger partial charge in [-0.1, -0.05) is 0 Å². The van der Waals surface area contributed by atoms with Gasteiger partial charge in [0.25, 0.3) is 0 Å². The summed E-state index contributed by atoms with van der Waals surface area (Å²) in [6, 6.07) is 0. The summed E-state index contributed by atoms with van der Waals surface area (Å²) in [5.74, 6) is -0.315. The third kappa shape index (κ3) is 3.40. The summed E-state index contributed by atoms with van der Waals surface area (Å²) in [7, 11) is 1.87. The molecule has 1 aliphatic rings. The van der Waals surface area contributed by atoms with Crippen molar-refractivity contribution in [3.8, 4) is 0 Å². The lowest BCUT2D eigenvalue weighted by atomic mass is 10.0. The van der Waals surface area contributed by atoms with Crippen molar-refractivity contribution in [3.63, 3.8) is 0 Å². The summed E-state index contributed by atoms with van der Waals surface area (Å²) < 4.78 is 0. The predicted octanol–water partition coefficient (Wildman–Crippen LogP) is 1.34. The molecule has 0 saturated carbocycles. The number of fused-ring (bicyclic) bond motifs is 1. The molecule has 0 radical (unpaired) electrons. The second kappa shape index (κ2) is 6.79. The van der Waals surface area contributed by atoms with E-state index in [0.717, 1.165) is 18.0 Å². The number of halogens is 1. The lowest BCUT2D eigenvalue weighted by Gasteiger charge is -2.12. The monoisotopic (exact) mass is 301 g/mol. The normalized spacial score (nSPS) is 13.7. The second-order valence-corrected chi connectivity index (χ2v) is 5.25. The summed E-state index contributed by atoms with van der Waals surface area (Å²) in [4.78, 5) is 28.5. The number of nitrogens with one attached hydrogen (secondary N) is 2. The number of allylic oxidation sites excluding steroid dienone is 2. The lowest BCUT2D eigenvalue weighted by Crippen LogP contribution is -2.28. The van der Waals surface area contributed by atoms with E-state index in [4.69, 9.17) is 0 Å². The molecule has 2 N–H and O–H groups in total. The van der Waals surface area contributed by atoms with Crippen LogP contribution in [0.5, 0.6) is 0 Å².